The molecule has 0 heterocycles. The van der Waals surface area contributed by atoms with Crippen LogP contribution in [0.5, 0.6) is 5.75 Å². The number of phenolic OH excluding ortho intramolecular Hbond substituents is 1. The van der Waals surface area contributed by atoms with Gasteiger partial charge in [-0.1, -0.05) is 11.6 Å². The number of benzene rings is 1. The highest BCUT2D eigenvalue weighted by Crippen LogP contribution is 2.20. The van der Waals surface area contributed by atoms with Gasteiger partial charge in [-0.15, -0.1) is 0 Å². The minimum absolute atomic E-state index is 0.0362. The molecule has 1 aromatic carbocycles. The number of halogens is 1. The van der Waals surface area contributed by atoms with Crippen molar-refractivity contribution in [1.29, 1.82) is 0 Å². The van der Waals surface area contributed by atoms with E-state index in [0.29, 0.717) is 23.2 Å². The van der Waals surface area contributed by atoms with Crippen molar-refractivity contribution < 1.29 is 9.90 Å². The Morgan fingerprint density at radius 3 is 2.79 bits per heavy atom. The number of rotatable bonds is 6. The molecular formula is C14H21ClN2O2. The number of nitrogens with zero attached hydrogens (tertiary/aromatic N) is 1. The Hall–Kier alpha value is -1.26. The van der Waals surface area contributed by atoms with Gasteiger partial charge in [-0.2, -0.15) is 0 Å². The fourth-order valence-corrected chi connectivity index (χ4v) is 1.77. The van der Waals surface area contributed by atoms with Crippen LogP contribution >= 0.6 is 11.6 Å². The second kappa shape index (κ2) is 7.36. The number of hydrogen-bond acceptors (Lipinski definition) is 3. The van der Waals surface area contributed by atoms with Crippen molar-refractivity contribution in [2.75, 3.05) is 20.1 Å². The minimum Gasteiger partial charge on any atom is -0.508 e. The molecule has 19 heavy (non-hydrogen) atoms. The summed E-state index contributed by atoms with van der Waals surface area (Å²) in [6.07, 6.45) is 0.872. The van der Waals surface area contributed by atoms with Crippen molar-refractivity contribution in [3.63, 3.8) is 0 Å². The van der Waals surface area contributed by atoms with E-state index in [9.17, 15) is 9.90 Å². The zero-order valence-electron chi connectivity index (χ0n) is 11.6. The van der Waals surface area contributed by atoms with Crippen LogP contribution in [0.2, 0.25) is 5.02 Å². The van der Waals surface area contributed by atoms with Gasteiger partial charge in [-0.05, 0) is 52.1 Å². The Balaban J connectivity index is 2.41. The molecule has 5 heteroatoms. The first-order valence-corrected chi connectivity index (χ1v) is 6.76. The number of phenols is 1. The van der Waals surface area contributed by atoms with Crippen LogP contribution in [-0.4, -0.2) is 42.1 Å². The lowest BCUT2D eigenvalue weighted by Crippen LogP contribution is -2.31. The summed E-state index contributed by atoms with van der Waals surface area (Å²) in [6, 6.07) is 4.84. The van der Waals surface area contributed by atoms with E-state index in [1.165, 1.54) is 18.2 Å². The molecule has 106 valence electrons. The van der Waals surface area contributed by atoms with Crippen molar-refractivity contribution in [1.82, 2.24) is 10.2 Å². The molecule has 1 aromatic rings. The zero-order valence-corrected chi connectivity index (χ0v) is 12.4. The van der Waals surface area contributed by atoms with Gasteiger partial charge in [0.1, 0.15) is 5.75 Å². The summed E-state index contributed by atoms with van der Waals surface area (Å²) in [5, 5.41) is 12.5. The van der Waals surface area contributed by atoms with Crippen LogP contribution in [-0.2, 0) is 0 Å². The van der Waals surface area contributed by atoms with Gasteiger partial charge in [0.25, 0.3) is 5.91 Å². The molecule has 0 radical (unpaired) electrons. The lowest BCUT2D eigenvalue weighted by molar-refractivity contribution is 0.0951. The number of nitrogens with one attached hydrogen (secondary N) is 1. The number of hydrogen-bond donors (Lipinski definition) is 2. The van der Waals surface area contributed by atoms with Gasteiger partial charge >= 0.3 is 0 Å². The second-order valence-corrected chi connectivity index (χ2v) is 5.26. The molecule has 0 aliphatic rings. The van der Waals surface area contributed by atoms with Gasteiger partial charge in [0.05, 0.1) is 10.6 Å². The van der Waals surface area contributed by atoms with Crippen LogP contribution in [0.15, 0.2) is 18.2 Å². The van der Waals surface area contributed by atoms with Gasteiger partial charge in [-0.3, -0.25) is 4.79 Å². The molecule has 1 rings (SSSR count). The Morgan fingerprint density at radius 2 is 2.16 bits per heavy atom. The van der Waals surface area contributed by atoms with E-state index in [1.54, 1.807) is 0 Å². The first-order chi connectivity index (χ1) is 8.91. The number of carbonyl (C=O) groups is 1. The van der Waals surface area contributed by atoms with Gasteiger partial charge < -0.3 is 15.3 Å². The summed E-state index contributed by atoms with van der Waals surface area (Å²) in [6.45, 7) is 5.77. The van der Waals surface area contributed by atoms with Crippen molar-refractivity contribution in [2.24, 2.45) is 0 Å². The summed E-state index contributed by atoms with van der Waals surface area (Å²) in [7, 11) is 2.05. The van der Waals surface area contributed by atoms with Crippen molar-refractivity contribution in [3.05, 3.63) is 28.8 Å². The highest BCUT2D eigenvalue weighted by Gasteiger charge is 2.10. The molecule has 0 fully saturated rings. The predicted molar refractivity (Wildman–Crippen MR) is 77.8 cm³/mol. The Bertz CT molecular complexity index is 435. The maximum Gasteiger partial charge on any atom is 0.252 e. The van der Waals surface area contributed by atoms with Crippen LogP contribution in [0.25, 0.3) is 0 Å². The van der Waals surface area contributed by atoms with Crippen molar-refractivity contribution >= 4 is 17.5 Å². The smallest absolute Gasteiger partial charge is 0.252 e. The van der Waals surface area contributed by atoms with E-state index in [-0.39, 0.29) is 11.7 Å². The van der Waals surface area contributed by atoms with Crippen molar-refractivity contribution in [3.8, 4) is 5.75 Å². The fourth-order valence-electron chi connectivity index (χ4n) is 1.57. The van der Waals surface area contributed by atoms with Gasteiger partial charge in [0.15, 0.2) is 0 Å². The summed E-state index contributed by atoms with van der Waals surface area (Å²) in [5.74, 6) is -0.220. The third-order valence-corrected chi connectivity index (χ3v) is 3.38. The normalized spacial score (nSPS) is 11.1. The highest BCUT2D eigenvalue weighted by molar-refractivity contribution is 6.33. The van der Waals surface area contributed by atoms with E-state index < -0.39 is 0 Å². The van der Waals surface area contributed by atoms with E-state index in [4.69, 9.17) is 11.6 Å². The number of carbonyl (C=O) groups excluding carboxylic acids is 1. The Kier molecular flexibility index (Phi) is 6.12. The van der Waals surface area contributed by atoms with Crippen LogP contribution in [0.1, 0.15) is 30.6 Å². The highest BCUT2D eigenvalue weighted by atomic mass is 35.5. The van der Waals surface area contributed by atoms with E-state index in [0.717, 1.165) is 13.0 Å². The predicted octanol–water partition coefficient (Wildman–Crippen LogP) is 2.51. The van der Waals surface area contributed by atoms with Gasteiger partial charge in [-0.25, -0.2) is 0 Å². The van der Waals surface area contributed by atoms with E-state index in [1.807, 2.05) is 0 Å². The maximum absolute atomic E-state index is 11.9. The Labute approximate surface area is 119 Å². The lowest BCUT2D eigenvalue weighted by Gasteiger charge is -2.20. The van der Waals surface area contributed by atoms with Gasteiger partial charge in [0.2, 0.25) is 0 Å². The molecule has 0 saturated carbocycles. The zero-order chi connectivity index (χ0) is 14.4. The molecule has 4 nitrogen and oxygen atoms in total. The molecule has 0 bridgehead atoms. The third-order valence-electron chi connectivity index (χ3n) is 3.05. The fraction of sp³-hybridized carbons (Fsp3) is 0.500. The van der Waals surface area contributed by atoms with Crippen LogP contribution < -0.4 is 5.32 Å². The monoisotopic (exact) mass is 284 g/mol. The third kappa shape index (κ3) is 5.09. The largest absolute Gasteiger partial charge is 0.508 e. The SMILES string of the molecule is CC(C)N(C)CCCNC(=O)c1cc(O)ccc1Cl. The molecular weight excluding hydrogens is 264 g/mol. The first-order valence-electron chi connectivity index (χ1n) is 6.38. The quantitative estimate of drug-likeness (QED) is 0.789. The standard InChI is InChI=1S/C14H21ClN2O2/c1-10(2)17(3)8-4-7-16-14(19)12-9-11(18)5-6-13(12)15/h5-6,9-10,18H,4,7-8H2,1-3H3,(H,16,19). The summed E-state index contributed by atoms with van der Waals surface area (Å²) in [5.41, 5.74) is 0.305. The summed E-state index contributed by atoms with van der Waals surface area (Å²) in [4.78, 5) is 14.1. The molecule has 2 N–H and O–H groups in total. The average Bonchev–Trinajstić information content (AvgIpc) is 2.36. The maximum atomic E-state index is 11.9. The summed E-state index contributed by atoms with van der Waals surface area (Å²) >= 11 is 5.92. The summed E-state index contributed by atoms with van der Waals surface area (Å²) < 4.78 is 0. The molecule has 0 aliphatic heterocycles. The first kappa shape index (κ1) is 15.8. The molecule has 0 aliphatic carbocycles. The molecule has 0 aromatic heterocycles. The van der Waals surface area contributed by atoms with E-state index in [2.05, 4.69) is 31.1 Å². The topological polar surface area (TPSA) is 52.6 Å². The van der Waals surface area contributed by atoms with Crippen LogP contribution in [0.4, 0.5) is 0 Å². The molecule has 0 saturated heterocycles. The van der Waals surface area contributed by atoms with Crippen molar-refractivity contribution in [2.45, 2.75) is 26.3 Å². The number of aromatic hydroxyl groups is 1. The van der Waals surface area contributed by atoms with Crippen LogP contribution in [0.3, 0.4) is 0 Å². The van der Waals surface area contributed by atoms with Crippen LogP contribution in [0, 0.1) is 0 Å². The molecule has 1 amide bonds. The molecule has 0 unspecified atom stereocenters. The van der Waals surface area contributed by atoms with E-state index >= 15 is 0 Å². The average molecular weight is 285 g/mol. The Morgan fingerprint density at radius 1 is 1.47 bits per heavy atom. The van der Waals surface area contributed by atoms with Gasteiger partial charge in [0, 0.05) is 12.6 Å². The lowest BCUT2D eigenvalue weighted by atomic mass is 10.2. The molecule has 0 spiro atoms. The second-order valence-electron chi connectivity index (χ2n) is 4.85. The number of amides is 1. The minimum atomic E-state index is -0.256. The molecule has 0 atom stereocenters.